The highest BCUT2D eigenvalue weighted by Gasteiger charge is 2.13. The Labute approximate surface area is 151 Å². The van der Waals surface area contributed by atoms with Crippen LogP contribution in [0.4, 0.5) is 8.78 Å². The molecule has 0 saturated carbocycles. The van der Waals surface area contributed by atoms with Crippen LogP contribution in [0.25, 0.3) is 0 Å². The molecule has 2 aromatic rings. The average Bonchev–Trinajstić information content (AvgIpc) is 2.58. The smallest absolute Gasteiger partial charge is 0.254 e. The molecule has 0 aliphatic heterocycles. The van der Waals surface area contributed by atoms with E-state index in [4.69, 9.17) is 0 Å². The topological polar surface area (TPSA) is 58.2 Å². The highest BCUT2D eigenvalue weighted by molar-refractivity contribution is 5.94. The third-order valence-electron chi connectivity index (χ3n) is 4.07. The normalized spacial score (nSPS) is 11.7. The lowest BCUT2D eigenvalue weighted by Gasteiger charge is -2.16. The minimum absolute atomic E-state index is 0.105. The molecule has 2 N–H and O–H groups in total. The lowest BCUT2D eigenvalue weighted by Crippen LogP contribution is -2.29. The zero-order valence-electron chi connectivity index (χ0n) is 14.8. The first-order valence-corrected chi connectivity index (χ1v) is 8.46. The van der Waals surface area contributed by atoms with Crippen LogP contribution in [0, 0.1) is 18.6 Å². The second-order valence-corrected chi connectivity index (χ2v) is 6.13. The second kappa shape index (κ2) is 9.08. The van der Waals surface area contributed by atoms with Crippen LogP contribution in [0.15, 0.2) is 42.5 Å². The van der Waals surface area contributed by atoms with Crippen molar-refractivity contribution in [1.29, 1.82) is 0 Å². The average molecular weight is 360 g/mol. The first kappa shape index (κ1) is 19.6. The number of aryl methyl sites for hydroxylation is 1. The van der Waals surface area contributed by atoms with Crippen molar-refractivity contribution >= 4 is 11.8 Å². The number of halogens is 2. The molecule has 2 rings (SSSR count). The molecule has 0 aliphatic rings. The van der Waals surface area contributed by atoms with Crippen LogP contribution in [0.5, 0.6) is 0 Å². The number of hydrogen-bond donors (Lipinski definition) is 2. The van der Waals surface area contributed by atoms with Gasteiger partial charge in [-0.05, 0) is 43.5 Å². The minimum atomic E-state index is -0.910. The Hall–Kier alpha value is -2.76. The van der Waals surface area contributed by atoms with E-state index >= 15 is 0 Å². The summed E-state index contributed by atoms with van der Waals surface area (Å²) in [5, 5.41) is 5.45. The number of rotatable bonds is 7. The van der Waals surface area contributed by atoms with E-state index in [1.165, 1.54) is 0 Å². The Morgan fingerprint density at radius 3 is 2.54 bits per heavy atom. The summed E-state index contributed by atoms with van der Waals surface area (Å²) in [5.74, 6) is -2.40. The lowest BCUT2D eigenvalue weighted by molar-refractivity contribution is -0.121. The van der Waals surface area contributed by atoms with Gasteiger partial charge < -0.3 is 10.6 Å². The Kier molecular flexibility index (Phi) is 6.83. The fourth-order valence-corrected chi connectivity index (χ4v) is 2.68. The van der Waals surface area contributed by atoms with Gasteiger partial charge in [-0.15, -0.1) is 0 Å². The van der Waals surface area contributed by atoms with Gasteiger partial charge in [-0.3, -0.25) is 9.59 Å². The quantitative estimate of drug-likeness (QED) is 0.741. The molecule has 0 aliphatic carbocycles. The Morgan fingerprint density at radius 2 is 1.85 bits per heavy atom. The predicted octanol–water partition coefficient (Wildman–Crippen LogP) is 3.66. The number of nitrogens with one attached hydrogen (secondary N) is 2. The molecule has 0 spiro atoms. The molecule has 0 heterocycles. The highest BCUT2D eigenvalue weighted by Crippen LogP contribution is 2.16. The maximum atomic E-state index is 13.5. The molecule has 1 unspecified atom stereocenters. The first-order chi connectivity index (χ1) is 12.4. The van der Waals surface area contributed by atoms with E-state index in [1.54, 1.807) is 0 Å². The number of amides is 2. The zero-order valence-corrected chi connectivity index (χ0v) is 14.8. The number of carbonyl (C=O) groups is 2. The van der Waals surface area contributed by atoms with Crippen molar-refractivity contribution in [3.63, 3.8) is 0 Å². The molecule has 0 aromatic heterocycles. The van der Waals surface area contributed by atoms with Gasteiger partial charge in [0.1, 0.15) is 11.6 Å². The fraction of sp³-hybridized carbons (Fsp3) is 0.300. The largest absolute Gasteiger partial charge is 0.352 e. The van der Waals surface area contributed by atoms with Crippen LogP contribution in [-0.4, -0.2) is 18.4 Å². The number of benzene rings is 2. The Bertz CT molecular complexity index is 793. The van der Waals surface area contributed by atoms with Gasteiger partial charge in [0.2, 0.25) is 5.91 Å². The third kappa shape index (κ3) is 5.37. The standard InChI is InChI=1S/C20H22F2N2O2/c1-13-6-3-4-7-16(13)14(2)24-19(25)8-5-11-23-20(26)17-10-9-15(21)12-18(17)22/h3-4,6-7,9-10,12,14H,5,8,11H2,1-2H3,(H,23,26)(H,24,25). The molecule has 138 valence electrons. The maximum absolute atomic E-state index is 13.5. The molecule has 26 heavy (non-hydrogen) atoms. The van der Waals surface area contributed by atoms with E-state index in [0.29, 0.717) is 12.5 Å². The summed E-state index contributed by atoms with van der Waals surface area (Å²) >= 11 is 0. The van der Waals surface area contributed by atoms with Crippen LogP contribution >= 0.6 is 0 Å². The minimum Gasteiger partial charge on any atom is -0.352 e. The van der Waals surface area contributed by atoms with Crippen molar-refractivity contribution in [3.05, 3.63) is 70.8 Å². The molecule has 0 radical (unpaired) electrons. The van der Waals surface area contributed by atoms with E-state index in [2.05, 4.69) is 10.6 Å². The summed E-state index contributed by atoms with van der Waals surface area (Å²) in [5.41, 5.74) is 1.94. The van der Waals surface area contributed by atoms with Crippen molar-refractivity contribution in [2.75, 3.05) is 6.54 Å². The summed E-state index contributed by atoms with van der Waals surface area (Å²) in [6, 6.07) is 10.5. The first-order valence-electron chi connectivity index (χ1n) is 8.46. The summed E-state index contributed by atoms with van der Waals surface area (Å²) in [6.07, 6.45) is 0.656. The summed E-state index contributed by atoms with van der Waals surface area (Å²) in [7, 11) is 0. The van der Waals surface area contributed by atoms with Crippen LogP contribution in [0.2, 0.25) is 0 Å². The molecule has 4 nitrogen and oxygen atoms in total. The molecule has 1 atom stereocenters. The molecular formula is C20H22F2N2O2. The fourth-order valence-electron chi connectivity index (χ4n) is 2.68. The lowest BCUT2D eigenvalue weighted by atomic mass is 10.0. The van der Waals surface area contributed by atoms with Crippen LogP contribution < -0.4 is 10.6 Å². The van der Waals surface area contributed by atoms with E-state index in [0.717, 1.165) is 23.3 Å². The summed E-state index contributed by atoms with van der Waals surface area (Å²) in [6.45, 7) is 4.13. The maximum Gasteiger partial charge on any atom is 0.254 e. The van der Waals surface area contributed by atoms with Crippen molar-refractivity contribution in [3.8, 4) is 0 Å². The van der Waals surface area contributed by atoms with Gasteiger partial charge >= 0.3 is 0 Å². The molecular weight excluding hydrogens is 338 g/mol. The van der Waals surface area contributed by atoms with E-state index in [1.807, 2.05) is 38.1 Å². The van der Waals surface area contributed by atoms with Gasteiger partial charge in [0.05, 0.1) is 11.6 Å². The van der Waals surface area contributed by atoms with Crippen LogP contribution in [0.1, 0.15) is 47.3 Å². The summed E-state index contributed by atoms with van der Waals surface area (Å²) < 4.78 is 26.4. The number of carbonyl (C=O) groups excluding carboxylic acids is 2. The van der Waals surface area contributed by atoms with E-state index < -0.39 is 17.5 Å². The molecule has 2 amide bonds. The molecule has 6 heteroatoms. The molecule has 2 aromatic carbocycles. The monoisotopic (exact) mass is 360 g/mol. The van der Waals surface area contributed by atoms with Crippen molar-refractivity contribution < 1.29 is 18.4 Å². The molecule has 0 fully saturated rings. The van der Waals surface area contributed by atoms with Crippen LogP contribution in [-0.2, 0) is 4.79 Å². The third-order valence-corrected chi connectivity index (χ3v) is 4.07. The van der Waals surface area contributed by atoms with Gasteiger partial charge in [0.25, 0.3) is 5.91 Å². The number of hydrogen-bond acceptors (Lipinski definition) is 2. The van der Waals surface area contributed by atoms with Gasteiger partial charge in [0, 0.05) is 19.0 Å². The van der Waals surface area contributed by atoms with Crippen molar-refractivity contribution in [2.45, 2.75) is 32.7 Å². The van der Waals surface area contributed by atoms with Crippen molar-refractivity contribution in [1.82, 2.24) is 10.6 Å². The zero-order chi connectivity index (χ0) is 19.1. The SMILES string of the molecule is Cc1ccccc1C(C)NC(=O)CCCNC(=O)c1ccc(F)cc1F. The Morgan fingerprint density at radius 1 is 1.12 bits per heavy atom. The molecule has 0 bridgehead atoms. The predicted molar refractivity (Wildman–Crippen MR) is 95.7 cm³/mol. The second-order valence-electron chi connectivity index (χ2n) is 6.13. The Balaban J connectivity index is 1.74. The van der Waals surface area contributed by atoms with Crippen molar-refractivity contribution in [2.24, 2.45) is 0 Å². The highest BCUT2D eigenvalue weighted by atomic mass is 19.1. The van der Waals surface area contributed by atoms with E-state index in [-0.39, 0.29) is 30.5 Å². The van der Waals surface area contributed by atoms with Gasteiger partial charge in [0.15, 0.2) is 0 Å². The van der Waals surface area contributed by atoms with E-state index in [9.17, 15) is 18.4 Å². The van der Waals surface area contributed by atoms with Crippen LogP contribution in [0.3, 0.4) is 0 Å². The van der Waals surface area contributed by atoms with Gasteiger partial charge in [-0.25, -0.2) is 8.78 Å². The van der Waals surface area contributed by atoms with Gasteiger partial charge in [-0.1, -0.05) is 24.3 Å². The van der Waals surface area contributed by atoms with Gasteiger partial charge in [-0.2, -0.15) is 0 Å². The molecule has 0 saturated heterocycles. The summed E-state index contributed by atoms with van der Waals surface area (Å²) in [4.78, 5) is 23.9.